The van der Waals surface area contributed by atoms with Crippen LogP contribution in [0.2, 0.25) is 0 Å². The number of rotatable bonds is 6. The number of nitrogens with zero attached hydrogens (tertiary/aromatic N) is 1. The average Bonchev–Trinajstić information content (AvgIpc) is 3.19. The molecule has 0 saturated carbocycles. The topological polar surface area (TPSA) is 46.6 Å². The fraction of sp³-hybridized carbons (Fsp3) is 0.143. The Kier molecular flexibility index (Phi) is 5.49. The molecule has 5 heteroatoms. The molecular formula is C21H19NO3S. The quantitative estimate of drug-likeness (QED) is 0.478. The molecule has 0 N–H and O–H groups in total. The van der Waals surface area contributed by atoms with E-state index in [9.17, 15) is 9.59 Å². The Morgan fingerprint density at radius 1 is 1.00 bits per heavy atom. The van der Waals surface area contributed by atoms with E-state index < -0.39 is 11.7 Å². The van der Waals surface area contributed by atoms with Gasteiger partial charge in [-0.2, -0.15) is 0 Å². The van der Waals surface area contributed by atoms with Crippen molar-refractivity contribution in [2.24, 2.45) is 0 Å². The highest BCUT2D eigenvalue weighted by atomic mass is 32.1. The zero-order valence-corrected chi connectivity index (χ0v) is 15.5. The second-order valence-corrected chi connectivity index (χ2v) is 6.90. The largest absolute Gasteiger partial charge is 0.497 e. The van der Waals surface area contributed by atoms with Crippen molar-refractivity contribution in [3.05, 3.63) is 82.0 Å². The van der Waals surface area contributed by atoms with Crippen LogP contribution in [0, 0.1) is 6.92 Å². The summed E-state index contributed by atoms with van der Waals surface area (Å²) in [7, 11) is 1.59. The van der Waals surface area contributed by atoms with Crippen molar-refractivity contribution in [3.63, 3.8) is 0 Å². The van der Waals surface area contributed by atoms with Gasteiger partial charge >= 0.3 is 0 Å². The summed E-state index contributed by atoms with van der Waals surface area (Å²) in [6.07, 6.45) is 0. The molecule has 1 heterocycles. The van der Waals surface area contributed by atoms with Crippen LogP contribution >= 0.6 is 11.3 Å². The average molecular weight is 365 g/mol. The SMILES string of the molecule is COc1ccc(N(Cc2cccs2)C(=O)C(=O)c2ccc(C)cc2)cc1. The molecule has 0 aliphatic heterocycles. The van der Waals surface area contributed by atoms with E-state index in [1.807, 2.05) is 36.6 Å². The summed E-state index contributed by atoms with van der Waals surface area (Å²) in [5.74, 6) is -0.369. The van der Waals surface area contributed by atoms with E-state index in [-0.39, 0.29) is 0 Å². The van der Waals surface area contributed by atoms with Crippen LogP contribution in [0.3, 0.4) is 0 Å². The molecule has 0 unspecified atom stereocenters. The summed E-state index contributed by atoms with van der Waals surface area (Å²) in [4.78, 5) is 28.2. The minimum absolute atomic E-state index is 0.348. The fourth-order valence-electron chi connectivity index (χ4n) is 2.55. The first kappa shape index (κ1) is 17.9. The molecule has 0 aliphatic carbocycles. The smallest absolute Gasteiger partial charge is 0.299 e. The Morgan fingerprint density at radius 3 is 2.27 bits per heavy atom. The summed E-state index contributed by atoms with van der Waals surface area (Å²) in [5.41, 5.74) is 2.09. The van der Waals surface area contributed by atoms with Gasteiger partial charge in [0.1, 0.15) is 5.75 Å². The summed E-state index contributed by atoms with van der Waals surface area (Å²) in [6, 6.07) is 18.0. The van der Waals surface area contributed by atoms with E-state index in [1.165, 1.54) is 4.90 Å². The number of ether oxygens (including phenoxy) is 1. The number of carbonyl (C=O) groups excluding carboxylic acids is 2. The number of Topliss-reactive ketones (excluding diaryl/α,β-unsaturated/α-hetero) is 1. The van der Waals surface area contributed by atoms with Gasteiger partial charge in [0.2, 0.25) is 0 Å². The lowest BCUT2D eigenvalue weighted by Gasteiger charge is -2.22. The van der Waals surface area contributed by atoms with Crippen LogP contribution in [0.15, 0.2) is 66.0 Å². The third-order valence-corrected chi connectivity index (χ3v) is 4.89. The lowest BCUT2D eigenvalue weighted by molar-refractivity contribution is -0.114. The van der Waals surface area contributed by atoms with Crippen molar-refractivity contribution >= 4 is 28.7 Å². The first-order valence-electron chi connectivity index (χ1n) is 8.18. The molecule has 132 valence electrons. The van der Waals surface area contributed by atoms with Crippen LogP contribution in [-0.4, -0.2) is 18.8 Å². The van der Waals surface area contributed by atoms with Crippen LogP contribution in [-0.2, 0) is 11.3 Å². The Hall–Kier alpha value is -2.92. The minimum atomic E-state index is -0.549. The molecule has 0 fully saturated rings. The maximum Gasteiger partial charge on any atom is 0.299 e. The standard InChI is InChI=1S/C21H19NO3S/c1-15-5-7-16(8-6-15)20(23)21(24)22(14-19-4-3-13-26-19)17-9-11-18(25-2)12-10-17/h3-13H,14H2,1-2H3. The molecule has 4 nitrogen and oxygen atoms in total. The van der Waals surface area contributed by atoms with Crippen molar-refractivity contribution in [1.82, 2.24) is 0 Å². The van der Waals surface area contributed by atoms with E-state index in [2.05, 4.69) is 0 Å². The zero-order chi connectivity index (χ0) is 18.5. The number of anilines is 1. The Balaban J connectivity index is 1.91. The number of hydrogen-bond acceptors (Lipinski definition) is 4. The molecule has 0 spiro atoms. The van der Waals surface area contributed by atoms with Gasteiger partial charge in [0.05, 0.1) is 13.7 Å². The van der Waals surface area contributed by atoms with E-state index in [4.69, 9.17) is 4.74 Å². The maximum atomic E-state index is 13.0. The summed E-state index contributed by atoms with van der Waals surface area (Å²) in [5, 5.41) is 1.95. The van der Waals surface area contributed by atoms with Crippen LogP contribution in [0.5, 0.6) is 5.75 Å². The van der Waals surface area contributed by atoms with Gasteiger partial charge in [-0.15, -0.1) is 11.3 Å². The molecule has 1 amide bonds. The Labute approximate surface area is 156 Å². The van der Waals surface area contributed by atoms with Gasteiger partial charge in [-0.3, -0.25) is 9.59 Å². The molecular weight excluding hydrogens is 346 g/mol. The fourth-order valence-corrected chi connectivity index (χ4v) is 3.24. The van der Waals surface area contributed by atoms with Crippen LogP contribution < -0.4 is 9.64 Å². The Morgan fingerprint density at radius 2 is 1.69 bits per heavy atom. The Bertz CT molecular complexity index is 884. The molecule has 2 aromatic carbocycles. The lowest BCUT2D eigenvalue weighted by Crippen LogP contribution is -2.36. The highest BCUT2D eigenvalue weighted by molar-refractivity contribution is 7.09. The molecule has 3 aromatic rings. The van der Waals surface area contributed by atoms with Crippen molar-refractivity contribution in [3.8, 4) is 5.75 Å². The third kappa shape index (κ3) is 4.00. The van der Waals surface area contributed by atoms with Crippen molar-refractivity contribution in [2.45, 2.75) is 13.5 Å². The van der Waals surface area contributed by atoms with Crippen LogP contribution in [0.4, 0.5) is 5.69 Å². The van der Waals surface area contributed by atoms with E-state index >= 15 is 0 Å². The van der Waals surface area contributed by atoms with Gasteiger partial charge in [-0.1, -0.05) is 35.9 Å². The third-order valence-electron chi connectivity index (χ3n) is 4.03. The molecule has 26 heavy (non-hydrogen) atoms. The molecule has 0 aliphatic rings. The second-order valence-electron chi connectivity index (χ2n) is 5.86. The molecule has 0 bridgehead atoms. The van der Waals surface area contributed by atoms with Crippen LogP contribution in [0.25, 0.3) is 0 Å². The highest BCUT2D eigenvalue weighted by Crippen LogP contribution is 2.23. The molecule has 0 atom stereocenters. The van der Waals surface area contributed by atoms with E-state index in [1.54, 1.807) is 54.8 Å². The normalized spacial score (nSPS) is 10.4. The second kappa shape index (κ2) is 7.97. The van der Waals surface area contributed by atoms with Gasteiger partial charge in [0, 0.05) is 16.1 Å². The highest BCUT2D eigenvalue weighted by Gasteiger charge is 2.25. The number of methoxy groups -OCH3 is 1. The summed E-state index contributed by atoms with van der Waals surface area (Å²) < 4.78 is 5.17. The predicted molar refractivity (Wildman–Crippen MR) is 104 cm³/mol. The van der Waals surface area contributed by atoms with Crippen molar-refractivity contribution in [2.75, 3.05) is 12.0 Å². The number of aryl methyl sites for hydroxylation is 1. The number of ketones is 1. The number of carbonyl (C=O) groups is 2. The molecule has 0 radical (unpaired) electrons. The lowest BCUT2D eigenvalue weighted by atomic mass is 10.1. The molecule has 3 rings (SSSR count). The first-order valence-corrected chi connectivity index (χ1v) is 9.06. The predicted octanol–water partition coefficient (Wildman–Crippen LogP) is 4.48. The van der Waals surface area contributed by atoms with Gasteiger partial charge in [0.15, 0.2) is 0 Å². The van der Waals surface area contributed by atoms with Gasteiger partial charge in [0.25, 0.3) is 11.7 Å². The maximum absolute atomic E-state index is 13.0. The minimum Gasteiger partial charge on any atom is -0.497 e. The zero-order valence-electron chi connectivity index (χ0n) is 14.6. The number of hydrogen-bond donors (Lipinski definition) is 0. The monoisotopic (exact) mass is 365 g/mol. The van der Waals surface area contributed by atoms with E-state index in [0.29, 0.717) is 23.5 Å². The van der Waals surface area contributed by atoms with Crippen molar-refractivity contribution < 1.29 is 14.3 Å². The van der Waals surface area contributed by atoms with Gasteiger partial charge in [-0.05, 0) is 42.6 Å². The van der Waals surface area contributed by atoms with Gasteiger partial charge in [-0.25, -0.2) is 0 Å². The first-order chi connectivity index (χ1) is 12.6. The van der Waals surface area contributed by atoms with E-state index in [0.717, 1.165) is 10.4 Å². The number of amides is 1. The molecule has 1 aromatic heterocycles. The summed E-state index contributed by atoms with van der Waals surface area (Å²) in [6.45, 7) is 2.29. The molecule has 0 saturated heterocycles. The van der Waals surface area contributed by atoms with Crippen LogP contribution in [0.1, 0.15) is 20.8 Å². The van der Waals surface area contributed by atoms with Gasteiger partial charge < -0.3 is 9.64 Å². The summed E-state index contributed by atoms with van der Waals surface area (Å²) >= 11 is 1.55. The number of benzene rings is 2. The number of thiophene rings is 1. The van der Waals surface area contributed by atoms with Crippen molar-refractivity contribution in [1.29, 1.82) is 0 Å².